The summed E-state index contributed by atoms with van der Waals surface area (Å²) < 4.78 is 0. The second-order valence-electron chi connectivity index (χ2n) is 4.47. The molecule has 1 unspecified atom stereocenters. The average Bonchev–Trinajstić information content (AvgIpc) is 2.78. The van der Waals surface area contributed by atoms with Crippen LogP contribution in [0.4, 0.5) is 11.4 Å². The Kier molecular flexibility index (Phi) is 3.10. The molecule has 18 heavy (non-hydrogen) atoms. The molecule has 1 heterocycles. The molecule has 0 spiro atoms. The number of nitrogen functional groups attached to an aromatic ring is 1. The lowest BCUT2D eigenvalue weighted by Gasteiger charge is -2.21. The van der Waals surface area contributed by atoms with Crippen LogP contribution in [0.1, 0.15) is 16.8 Å². The Morgan fingerprint density at radius 3 is 2.56 bits per heavy atom. The van der Waals surface area contributed by atoms with E-state index in [1.165, 1.54) is 0 Å². The first-order valence-corrected chi connectivity index (χ1v) is 5.72. The molecule has 1 saturated heterocycles. The predicted octanol–water partition coefficient (Wildman–Crippen LogP) is -0.321. The number of carbonyl (C=O) groups excluding carboxylic acids is 2. The van der Waals surface area contributed by atoms with Gasteiger partial charge in [0.15, 0.2) is 0 Å². The quantitative estimate of drug-likeness (QED) is 0.635. The third kappa shape index (κ3) is 2.22. The van der Waals surface area contributed by atoms with Crippen LogP contribution in [0.5, 0.6) is 0 Å². The molecule has 0 bridgehead atoms. The third-order valence-electron chi connectivity index (χ3n) is 3.22. The van der Waals surface area contributed by atoms with E-state index in [1.54, 1.807) is 18.2 Å². The topological polar surface area (TPSA) is 115 Å². The summed E-state index contributed by atoms with van der Waals surface area (Å²) in [6.07, 6.45) is 0.692. The zero-order valence-electron chi connectivity index (χ0n) is 9.93. The molecule has 0 radical (unpaired) electrons. The van der Waals surface area contributed by atoms with Gasteiger partial charge in [0.2, 0.25) is 5.91 Å². The highest BCUT2D eigenvalue weighted by Crippen LogP contribution is 2.28. The van der Waals surface area contributed by atoms with Crippen molar-refractivity contribution < 1.29 is 9.59 Å². The fraction of sp³-hybridized carbons (Fsp3) is 0.333. The van der Waals surface area contributed by atoms with Crippen molar-refractivity contribution in [3.05, 3.63) is 23.8 Å². The summed E-state index contributed by atoms with van der Waals surface area (Å²) in [5.41, 5.74) is 17.8. The number of carbonyl (C=O) groups is 2. The second-order valence-corrected chi connectivity index (χ2v) is 4.47. The van der Waals surface area contributed by atoms with Gasteiger partial charge < -0.3 is 22.1 Å². The van der Waals surface area contributed by atoms with Gasteiger partial charge in [-0.25, -0.2) is 0 Å². The Labute approximate surface area is 105 Å². The van der Waals surface area contributed by atoms with E-state index in [9.17, 15) is 9.59 Å². The minimum absolute atomic E-state index is 0.178. The number of rotatable bonds is 3. The highest BCUT2D eigenvalue weighted by molar-refractivity contribution is 5.99. The number of amides is 2. The first-order chi connectivity index (χ1) is 8.49. The van der Waals surface area contributed by atoms with Crippen LogP contribution in [0, 0.1) is 5.92 Å². The zero-order chi connectivity index (χ0) is 13.3. The number of nitrogens with zero attached hydrogens (tertiary/aromatic N) is 1. The van der Waals surface area contributed by atoms with Crippen molar-refractivity contribution in [2.24, 2.45) is 17.4 Å². The van der Waals surface area contributed by atoms with E-state index in [-0.39, 0.29) is 11.8 Å². The number of benzene rings is 1. The lowest BCUT2D eigenvalue weighted by molar-refractivity contribution is -0.121. The van der Waals surface area contributed by atoms with Gasteiger partial charge in [0.05, 0.1) is 11.5 Å². The standard InChI is InChI=1S/C12H16N4O2/c13-8-1-2-10(9(5-8)12(15)18)16-4-3-7(6-16)11(14)17/h1-2,5,7H,3-4,6,13H2,(H2,14,17)(H2,15,18). The molecule has 6 heteroatoms. The Bertz CT molecular complexity index is 501. The van der Waals surface area contributed by atoms with E-state index in [0.29, 0.717) is 36.4 Å². The smallest absolute Gasteiger partial charge is 0.250 e. The van der Waals surface area contributed by atoms with E-state index in [2.05, 4.69) is 0 Å². The van der Waals surface area contributed by atoms with Crippen LogP contribution in [-0.4, -0.2) is 24.9 Å². The highest BCUT2D eigenvalue weighted by Gasteiger charge is 2.28. The molecule has 6 N–H and O–H groups in total. The van der Waals surface area contributed by atoms with Crippen molar-refractivity contribution >= 4 is 23.2 Å². The molecule has 0 aromatic heterocycles. The molecule has 2 rings (SSSR count). The third-order valence-corrected chi connectivity index (χ3v) is 3.22. The molecule has 96 valence electrons. The van der Waals surface area contributed by atoms with Gasteiger partial charge in [-0.05, 0) is 24.6 Å². The Morgan fingerprint density at radius 2 is 2.00 bits per heavy atom. The van der Waals surface area contributed by atoms with Crippen LogP contribution < -0.4 is 22.1 Å². The Morgan fingerprint density at radius 1 is 1.28 bits per heavy atom. The molecule has 1 aromatic carbocycles. The monoisotopic (exact) mass is 248 g/mol. The first-order valence-electron chi connectivity index (χ1n) is 5.72. The molecule has 1 aliphatic rings. The van der Waals surface area contributed by atoms with Gasteiger partial charge in [0.1, 0.15) is 0 Å². The fourth-order valence-electron chi connectivity index (χ4n) is 2.24. The maximum absolute atomic E-state index is 11.4. The van der Waals surface area contributed by atoms with Crippen LogP contribution >= 0.6 is 0 Å². The minimum atomic E-state index is -0.528. The summed E-state index contributed by atoms with van der Waals surface area (Å²) in [5.74, 6) is -1.02. The summed E-state index contributed by atoms with van der Waals surface area (Å²) in [6, 6.07) is 5.01. The minimum Gasteiger partial charge on any atom is -0.399 e. The summed E-state index contributed by atoms with van der Waals surface area (Å²) in [4.78, 5) is 24.5. The molecule has 0 aliphatic carbocycles. The van der Waals surface area contributed by atoms with Crippen molar-refractivity contribution in [1.29, 1.82) is 0 Å². The highest BCUT2D eigenvalue weighted by atomic mass is 16.1. The van der Waals surface area contributed by atoms with Crippen LogP contribution in [0.2, 0.25) is 0 Å². The van der Waals surface area contributed by atoms with Crippen molar-refractivity contribution in [2.45, 2.75) is 6.42 Å². The van der Waals surface area contributed by atoms with Crippen LogP contribution in [0.3, 0.4) is 0 Å². The number of nitrogens with two attached hydrogens (primary N) is 3. The Hall–Kier alpha value is -2.24. The van der Waals surface area contributed by atoms with Gasteiger partial charge in [-0.2, -0.15) is 0 Å². The molecule has 1 aliphatic heterocycles. The van der Waals surface area contributed by atoms with Crippen molar-refractivity contribution in [3.8, 4) is 0 Å². The largest absolute Gasteiger partial charge is 0.399 e. The number of anilines is 2. The van der Waals surface area contributed by atoms with Gasteiger partial charge in [-0.15, -0.1) is 0 Å². The van der Waals surface area contributed by atoms with E-state index in [0.717, 1.165) is 0 Å². The molecule has 2 amide bonds. The van der Waals surface area contributed by atoms with Gasteiger partial charge >= 0.3 is 0 Å². The maximum Gasteiger partial charge on any atom is 0.250 e. The summed E-state index contributed by atoms with van der Waals surface area (Å²) in [5, 5.41) is 0. The Balaban J connectivity index is 2.29. The molecule has 6 nitrogen and oxygen atoms in total. The molecule has 1 atom stereocenters. The summed E-state index contributed by atoms with van der Waals surface area (Å²) in [7, 11) is 0. The fourth-order valence-corrected chi connectivity index (χ4v) is 2.24. The summed E-state index contributed by atoms with van der Waals surface area (Å²) in [6.45, 7) is 1.19. The number of hydrogen-bond donors (Lipinski definition) is 3. The van der Waals surface area contributed by atoms with Gasteiger partial charge in [-0.3, -0.25) is 9.59 Å². The molecular weight excluding hydrogens is 232 g/mol. The van der Waals surface area contributed by atoms with E-state index < -0.39 is 5.91 Å². The van der Waals surface area contributed by atoms with Crippen molar-refractivity contribution in [3.63, 3.8) is 0 Å². The molecule has 1 aromatic rings. The lowest BCUT2D eigenvalue weighted by atomic mass is 10.1. The first kappa shape index (κ1) is 12.2. The van der Waals surface area contributed by atoms with Crippen molar-refractivity contribution in [2.75, 3.05) is 23.7 Å². The zero-order valence-corrected chi connectivity index (χ0v) is 9.93. The number of primary amides is 2. The second kappa shape index (κ2) is 4.56. The molecule has 1 fully saturated rings. The average molecular weight is 248 g/mol. The van der Waals surface area contributed by atoms with E-state index in [4.69, 9.17) is 17.2 Å². The molecular formula is C12H16N4O2. The van der Waals surface area contributed by atoms with Crippen LogP contribution in [0.15, 0.2) is 18.2 Å². The van der Waals surface area contributed by atoms with E-state index in [1.807, 2.05) is 4.90 Å². The predicted molar refractivity (Wildman–Crippen MR) is 68.9 cm³/mol. The molecule has 0 saturated carbocycles. The summed E-state index contributed by atoms with van der Waals surface area (Å²) >= 11 is 0. The van der Waals surface area contributed by atoms with Crippen LogP contribution in [0.25, 0.3) is 0 Å². The SMILES string of the molecule is NC(=O)c1cc(N)ccc1N1CCC(C(N)=O)C1. The van der Waals surface area contributed by atoms with Crippen molar-refractivity contribution in [1.82, 2.24) is 0 Å². The van der Waals surface area contributed by atoms with Gasteiger partial charge in [0, 0.05) is 24.5 Å². The van der Waals surface area contributed by atoms with E-state index >= 15 is 0 Å². The lowest BCUT2D eigenvalue weighted by Crippen LogP contribution is -2.28. The maximum atomic E-state index is 11.4. The van der Waals surface area contributed by atoms with Crippen LogP contribution in [-0.2, 0) is 4.79 Å². The van der Waals surface area contributed by atoms with Gasteiger partial charge in [-0.1, -0.05) is 0 Å². The van der Waals surface area contributed by atoms with Gasteiger partial charge in [0.25, 0.3) is 5.91 Å². The number of hydrogen-bond acceptors (Lipinski definition) is 4. The normalized spacial score (nSPS) is 18.9.